The zero-order chi connectivity index (χ0) is 21.2. The number of hydrogen-bond donors (Lipinski definition) is 2. The van der Waals surface area contributed by atoms with E-state index in [2.05, 4.69) is 27.1 Å². The maximum Gasteiger partial charge on any atom is 0.136 e. The molecule has 2 N–H and O–H groups in total. The highest BCUT2D eigenvalue weighted by atomic mass is 16.5. The fraction of sp³-hybridized carbons (Fsp3) is 0.429. The van der Waals surface area contributed by atoms with Gasteiger partial charge in [-0.15, -0.1) is 0 Å². The normalized spacial score (nSPS) is 23.6. The number of aromatic amines is 1. The lowest BCUT2D eigenvalue weighted by Crippen LogP contribution is -2.44. The molecule has 0 saturated carbocycles. The van der Waals surface area contributed by atoms with Crippen molar-refractivity contribution in [1.29, 1.82) is 0 Å². The molecule has 10 heteroatoms. The fourth-order valence-electron chi connectivity index (χ4n) is 4.77. The summed E-state index contributed by atoms with van der Waals surface area (Å²) < 4.78 is 9.30. The molecule has 31 heavy (non-hydrogen) atoms. The highest BCUT2D eigenvalue weighted by Gasteiger charge is 2.41. The smallest absolute Gasteiger partial charge is 0.136 e. The van der Waals surface area contributed by atoms with Gasteiger partial charge in [0, 0.05) is 50.1 Å². The van der Waals surface area contributed by atoms with E-state index in [9.17, 15) is 5.11 Å². The van der Waals surface area contributed by atoms with Crippen LogP contribution in [0.2, 0.25) is 0 Å². The third kappa shape index (κ3) is 2.71. The number of nitrogens with one attached hydrogen (secondary N) is 1. The van der Waals surface area contributed by atoms with E-state index in [1.807, 2.05) is 30.1 Å². The summed E-state index contributed by atoms with van der Waals surface area (Å²) >= 11 is 0. The molecule has 0 aliphatic carbocycles. The predicted octanol–water partition coefficient (Wildman–Crippen LogP) is 1.42. The van der Waals surface area contributed by atoms with Gasteiger partial charge in [-0.05, 0) is 19.1 Å². The number of ether oxygens (including phenoxy) is 1. The molecule has 1 fully saturated rings. The van der Waals surface area contributed by atoms with E-state index in [-0.39, 0.29) is 6.04 Å². The van der Waals surface area contributed by atoms with Crippen molar-refractivity contribution in [2.45, 2.75) is 31.5 Å². The SMILES string of the molecule is C[C@@H]1COCCN1c1cc2c3c(n1)c(-c1ccn[nH]1)nn3CCC2(O)c1cnn(C)c1. The Balaban J connectivity index is 1.63. The lowest BCUT2D eigenvalue weighted by Gasteiger charge is -2.37. The molecule has 2 aliphatic heterocycles. The summed E-state index contributed by atoms with van der Waals surface area (Å²) in [4.78, 5) is 7.28. The van der Waals surface area contributed by atoms with E-state index in [1.54, 1.807) is 17.1 Å². The summed E-state index contributed by atoms with van der Waals surface area (Å²) in [7, 11) is 1.86. The van der Waals surface area contributed by atoms with Crippen LogP contribution in [0.1, 0.15) is 24.5 Å². The summed E-state index contributed by atoms with van der Waals surface area (Å²) in [6.45, 7) is 4.76. The number of aromatic nitrogens is 7. The first-order chi connectivity index (χ1) is 15.0. The molecule has 6 rings (SSSR count). The Morgan fingerprint density at radius 1 is 1.32 bits per heavy atom. The van der Waals surface area contributed by atoms with E-state index in [4.69, 9.17) is 14.8 Å². The second kappa shape index (κ2) is 6.63. The number of anilines is 1. The summed E-state index contributed by atoms with van der Waals surface area (Å²) in [5, 5.41) is 28.2. The number of aliphatic hydroxyl groups is 1. The van der Waals surface area contributed by atoms with Crippen LogP contribution in [0.5, 0.6) is 0 Å². The molecule has 6 heterocycles. The largest absolute Gasteiger partial charge is 0.380 e. The van der Waals surface area contributed by atoms with Crippen LogP contribution in [0.25, 0.3) is 22.4 Å². The van der Waals surface area contributed by atoms with Crippen molar-refractivity contribution in [2.75, 3.05) is 24.7 Å². The summed E-state index contributed by atoms with van der Waals surface area (Å²) in [6, 6.07) is 4.10. The van der Waals surface area contributed by atoms with Crippen molar-refractivity contribution in [2.24, 2.45) is 7.05 Å². The van der Waals surface area contributed by atoms with Crippen LogP contribution in [0.3, 0.4) is 0 Å². The Kier molecular flexibility index (Phi) is 3.96. The van der Waals surface area contributed by atoms with Crippen LogP contribution >= 0.6 is 0 Å². The number of nitrogens with zero attached hydrogens (tertiary/aromatic N) is 7. The minimum absolute atomic E-state index is 0.187. The van der Waals surface area contributed by atoms with Crippen LogP contribution in [-0.2, 0) is 23.9 Å². The minimum atomic E-state index is -1.17. The lowest BCUT2D eigenvalue weighted by molar-refractivity contribution is 0.0608. The van der Waals surface area contributed by atoms with Gasteiger partial charge < -0.3 is 14.7 Å². The third-order valence-corrected chi connectivity index (χ3v) is 6.41. The maximum absolute atomic E-state index is 12.0. The highest BCUT2D eigenvalue weighted by Crippen LogP contribution is 2.44. The zero-order valence-electron chi connectivity index (χ0n) is 17.5. The second-order valence-corrected chi connectivity index (χ2v) is 8.40. The van der Waals surface area contributed by atoms with Crippen LogP contribution in [0, 0.1) is 0 Å². The van der Waals surface area contributed by atoms with Gasteiger partial charge in [0.1, 0.15) is 22.6 Å². The number of morpholine rings is 1. The third-order valence-electron chi connectivity index (χ3n) is 6.41. The summed E-state index contributed by atoms with van der Waals surface area (Å²) in [5.74, 6) is 0.822. The van der Waals surface area contributed by atoms with Gasteiger partial charge in [0.2, 0.25) is 0 Å². The number of pyridine rings is 1. The number of hydrogen-bond acceptors (Lipinski definition) is 7. The molecule has 1 unspecified atom stereocenters. The number of rotatable bonds is 3. The van der Waals surface area contributed by atoms with Gasteiger partial charge in [-0.1, -0.05) is 0 Å². The van der Waals surface area contributed by atoms with Crippen molar-refractivity contribution in [1.82, 2.24) is 34.7 Å². The molecular weight excluding hydrogens is 396 g/mol. The van der Waals surface area contributed by atoms with Crippen LogP contribution in [0.4, 0.5) is 5.82 Å². The van der Waals surface area contributed by atoms with E-state index in [0.717, 1.165) is 45.9 Å². The standard InChI is InChI=1S/C21H24N8O2/c1-13-12-31-8-7-28(13)17-9-15-20-19(24-17)18(16-3-5-22-25-16)26-29(20)6-4-21(15,30)14-10-23-27(2)11-14/h3,5,9-11,13,30H,4,6-8,12H2,1-2H3,(H,22,25)/t13-,21?/m1/s1. The predicted molar refractivity (Wildman–Crippen MR) is 114 cm³/mol. The zero-order valence-corrected chi connectivity index (χ0v) is 17.5. The fourth-order valence-corrected chi connectivity index (χ4v) is 4.77. The molecule has 4 aromatic heterocycles. The Hall–Kier alpha value is -3.24. The molecule has 160 valence electrons. The van der Waals surface area contributed by atoms with Gasteiger partial charge in [-0.3, -0.25) is 14.5 Å². The average molecular weight is 420 g/mol. The lowest BCUT2D eigenvalue weighted by atomic mass is 9.82. The molecule has 1 saturated heterocycles. The minimum Gasteiger partial charge on any atom is -0.380 e. The summed E-state index contributed by atoms with van der Waals surface area (Å²) in [6.07, 6.45) is 5.84. The van der Waals surface area contributed by atoms with Crippen molar-refractivity contribution in [3.8, 4) is 11.4 Å². The maximum atomic E-state index is 12.0. The Morgan fingerprint density at radius 2 is 2.23 bits per heavy atom. The van der Waals surface area contributed by atoms with E-state index >= 15 is 0 Å². The number of aryl methyl sites for hydroxylation is 2. The quantitative estimate of drug-likeness (QED) is 0.516. The number of H-pyrrole nitrogens is 1. The molecule has 0 amide bonds. The molecular formula is C21H24N8O2. The first kappa shape index (κ1) is 18.5. The van der Waals surface area contributed by atoms with Gasteiger partial charge in [-0.2, -0.15) is 15.3 Å². The monoisotopic (exact) mass is 420 g/mol. The molecule has 2 atom stereocenters. The Morgan fingerprint density at radius 3 is 2.97 bits per heavy atom. The van der Waals surface area contributed by atoms with Gasteiger partial charge >= 0.3 is 0 Å². The molecule has 0 radical (unpaired) electrons. The first-order valence-corrected chi connectivity index (χ1v) is 10.5. The Bertz CT molecular complexity index is 1260. The molecule has 10 nitrogen and oxygen atoms in total. The summed E-state index contributed by atoms with van der Waals surface area (Å²) in [5.41, 5.74) is 3.58. The van der Waals surface area contributed by atoms with E-state index in [1.165, 1.54) is 0 Å². The van der Waals surface area contributed by atoms with Crippen LogP contribution in [-0.4, -0.2) is 65.6 Å². The van der Waals surface area contributed by atoms with Crippen LogP contribution < -0.4 is 4.90 Å². The van der Waals surface area contributed by atoms with Crippen molar-refractivity contribution in [3.63, 3.8) is 0 Å². The van der Waals surface area contributed by atoms with Crippen molar-refractivity contribution in [3.05, 3.63) is 41.9 Å². The van der Waals surface area contributed by atoms with Gasteiger partial charge in [0.25, 0.3) is 0 Å². The second-order valence-electron chi connectivity index (χ2n) is 8.40. The van der Waals surface area contributed by atoms with E-state index in [0.29, 0.717) is 26.2 Å². The van der Waals surface area contributed by atoms with E-state index < -0.39 is 5.60 Å². The van der Waals surface area contributed by atoms with Crippen LogP contribution in [0.15, 0.2) is 30.7 Å². The molecule has 0 bridgehead atoms. The molecule has 4 aromatic rings. The van der Waals surface area contributed by atoms with Crippen molar-refractivity contribution >= 4 is 16.9 Å². The van der Waals surface area contributed by atoms with Gasteiger partial charge in [0.05, 0.1) is 36.7 Å². The topological polar surface area (TPSA) is 110 Å². The van der Waals surface area contributed by atoms with Gasteiger partial charge in [-0.25, -0.2) is 4.98 Å². The molecule has 0 spiro atoms. The van der Waals surface area contributed by atoms with Gasteiger partial charge in [0.15, 0.2) is 0 Å². The average Bonchev–Trinajstić information content (AvgIpc) is 3.51. The first-order valence-electron chi connectivity index (χ1n) is 10.5. The highest BCUT2D eigenvalue weighted by molar-refractivity contribution is 5.93. The Labute approximate surface area is 178 Å². The molecule has 0 aromatic carbocycles. The molecule has 2 aliphatic rings. The van der Waals surface area contributed by atoms with Crippen molar-refractivity contribution < 1.29 is 9.84 Å².